The van der Waals surface area contributed by atoms with Gasteiger partial charge in [-0.25, -0.2) is 0 Å². The molecule has 61 heavy (non-hydrogen) atoms. The minimum Gasteiger partial charge on any atom is -0.309 e. The second-order valence-electron chi connectivity index (χ2n) is 15.7. The highest BCUT2D eigenvalue weighted by Crippen LogP contribution is 2.48. The second kappa shape index (κ2) is 14.3. The van der Waals surface area contributed by atoms with Gasteiger partial charge < -0.3 is 14.0 Å². The van der Waals surface area contributed by atoms with Gasteiger partial charge in [0, 0.05) is 49.7 Å². The largest absolute Gasteiger partial charge is 0.309 e. The fourth-order valence-electron chi connectivity index (χ4n) is 9.64. The molecule has 10 aromatic carbocycles. The van der Waals surface area contributed by atoms with Gasteiger partial charge in [-0.15, -0.1) is 0 Å². The van der Waals surface area contributed by atoms with Crippen LogP contribution in [0.3, 0.4) is 0 Å². The highest BCUT2D eigenvalue weighted by Gasteiger charge is 2.24. The molecule has 0 aliphatic carbocycles. The molecule has 0 saturated heterocycles. The van der Waals surface area contributed by atoms with E-state index in [-0.39, 0.29) is 0 Å². The van der Waals surface area contributed by atoms with Crippen molar-refractivity contribution in [2.75, 3.05) is 4.90 Å². The smallest absolute Gasteiger partial charge is 0.0542 e. The van der Waals surface area contributed by atoms with Crippen molar-refractivity contribution in [3.8, 4) is 33.6 Å². The summed E-state index contributed by atoms with van der Waals surface area (Å²) in [6.07, 6.45) is 0. The predicted molar refractivity (Wildman–Crippen MR) is 258 cm³/mol. The lowest BCUT2D eigenvalue weighted by molar-refractivity contribution is 1.18. The Labute approximate surface area is 354 Å². The van der Waals surface area contributed by atoms with Gasteiger partial charge in [-0.05, 0) is 94.7 Å². The normalized spacial score (nSPS) is 11.6. The second-order valence-corrected chi connectivity index (χ2v) is 15.7. The number of benzene rings is 10. The van der Waals surface area contributed by atoms with E-state index in [0.717, 1.165) is 39.6 Å². The molecular weight excluding hydrogens is 739 g/mol. The van der Waals surface area contributed by atoms with E-state index in [9.17, 15) is 0 Å². The van der Waals surface area contributed by atoms with E-state index in [0.29, 0.717) is 0 Å². The zero-order chi connectivity index (χ0) is 40.3. The van der Waals surface area contributed by atoms with E-state index in [2.05, 4.69) is 251 Å². The SMILES string of the molecule is c1ccc(-c2ccccc2N(c2ccc3c(c2)c2ccccc2n3-c2ccccc2)c2ccccc2-c2cc(-n3c4ccccc4c4ccccc43)cc3ccccc23)cc1. The standard InChI is InChI=1S/C58H39N3/c1-3-19-40(20-4-1)46-25-9-14-30-53(46)60(43-35-36-58-52(38-43)50-29-13-18-34-57(50)59(58)42-22-5-2-6-23-42)56-33-17-12-28-49(56)51-39-44(37-41-21-7-8-24-45(41)51)61-54-31-15-10-26-47(54)48-27-11-16-32-55(48)61/h1-39H. The first kappa shape index (κ1) is 34.9. The van der Waals surface area contributed by atoms with Crippen molar-refractivity contribution < 1.29 is 0 Å². The van der Waals surface area contributed by atoms with Crippen molar-refractivity contribution >= 4 is 71.4 Å². The Bertz CT molecular complexity index is 3540. The van der Waals surface area contributed by atoms with Gasteiger partial charge in [0.2, 0.25) is 0 Å². The molecule has 286 valence electrons. The average Bonchev–Trinajstić information content (AvgIpc) is 3.85. The molecule has 0 N–H and O–H groups in total. The van der Waals surface area contributed by atoms with E-state index in [1.807, 2.05) is 0 Å². The highest BCUT2D eigenvalue weighted by atomic mass is 15.1. The average molecular weight is 778 g/mol. The maximum absolute atomic E-state index is 2.48. The van der Waals surface area contributed by atoms with E-state index < -0.39 is 0 Å². The highest BCUT2D eigenvalue weighted by molar-refractivity contribution is 6.12. The Kier molecular flexibility index (Phi) is 8.17. The van der Waals surface area contributed by atoms with Crippen LogP contribution in [0.25, 0.3) is 88.0 Å². The van der Waals surface area contributed by atoms with Crippen LogP contribution >= 0.6 is 0 Å². The molecule has 0 spiro atoms. The first-order chi connectivity index (χ1) is 30.3. The van der Waals surface area contributed by atoms with Crippen LogP contribution in [0.5, 0.6) is 0 Å². The number of aromatic nitrogens is 2. The Morgan fingerprint density at radius 1 is 0.279 bits per heavy atom. The zero-order valence-corrected chi connectivity index (χ0v) is 33.4. The van der Waals surface area contributed by atoms with E-state index >= 15 is 0 Å². The summed E-state index contributed by atoms with van der Waals surface area (Å²) in [6, 6.07) is 86.1. The van der Waals surface area contributed by atoms with Crippen molar-refractivity contribution in [3.63, 3.8) is 0 Å². The lowest BCUT2D eigenvalue weighted by atomic mass is 9.94. The summed E-state index contributed by atoms with van der Waals surface area (Å²) in [5.41, 5.74) is 15.0. The van der Waals surface area contributed by atoms with E-state index in [1.165, 1.54) is 65.5 Å². The third-order valence-corrected chi connectivity index (χ3v) is 12.3. The van der Waals surface area contributed by atoms with Crippen LogP contribution in [0.1, 0.15) is 0 Å². The quantitative estimate of drug-likeness (QED) is 0.157. The monoisotopic (exact) mass is 777 g/mol. The summed E-state index contributed by atoms with van der Waals surface area (Å²) in [4.78, 5) is 2.48. The summed E-state index contributed by atoms with van der Waals surface area (Å²) in [5, 5.41) is 7.32. The minimum absolute atomic E-state index is 1.09. The van der Waals surface area contributed by atoms with Crippen LogP contribution in [0, 0.1) is 0 Å². The molecule has 0 amide bonds. The molecule has 12 rings (SSSR count). The molecule has 12 aromatic rings. The molecule has 3 nitrogen and oxygen atoms in total. The number of rotatable bonds is 7. The van der Waals surface area contributed by atoms with Gasteiger partial charge in [0.05, 0.1) is 33.4 Å². The number of hydrogen-bond acceptors (Lipinski definition) is 1. The van der Waals surface area contributed by atoms with Crippen LogP contribution in [0.2, 0.25) is 0 Å². The number of hydrogen-bond donors (Lipinski definition) is 0. The van der Waals surface area contributed by atoms with Gasteiger partial charge in [0.25, 0.3) is 0 Å². The van der Waals surface area contributed by atoms with Gasteiger partial charge in [-0.2, -0.15) is 0 Å². The van der Waals surface area contributed by atoms with Crippen molar-refractivity contribution in [1.29, 1.82) is 0 Å². The maximum atomic E-state index is 2.48. The van der Waals surface area contributed by atoms with Gasteiger partial charge in [0.1, 0.15) is 0 Å². The Balaban J connectivity index is 1.14. The fourth-order valence-corrected chi connectivity index (χ4v) is 9.64. The zero-order valence-electron chi connectivity index (χ0n) is 33.4. The molecule has 0 aliphatic heterocycles. The third-order valence-electron chi connectivity index (χ3n) is 12.3. The third kappa shape index (κ3) is 5.66. The summed E-state index contributed by atoms with van der Waals surface area (Å²) < 4.78 is 4.82. The summed E-state index contributed by atoms with van der Waals surface area (Å²) >= 11 is 0. The van der Waals surface area contributed by atoms with Crippen LogP contribution < -0.4 is 4.90 Å². The molecule has 0 saturated carbocycles. The first-order valence-corrected chi connectivity index (χ1v) is 20.9. The number of para-hydroxylation sites is 6. The van der Waals surface area contributed by atoms with Crippen molar-refractivity contribution in [3.05, 3.63) is 237 Å². The fraction of sp³-hybridized carbons (Fsp3) is 0. The lowest BCUT2D eigenvalue weighted by Gasteiger charge is -2.30. The predicted octanol–water partition coefficient (Wildman–Crippen LogP) is 15.8. The molecule has 2 heterocycles. The van der Waals surface area contributed by atoms with Gasteiger partial charge in [-0.1, -0.05) is 164 Å². The van der Waals surface area contributed by atoms with Gasteiger partial charge in [-0.3, -0.25) is 0 Å². The topological polar surface area (TPSA) is 13.1 Å². The van der Waals surface area contributed by atoms with Crippen molar-refractivity contribution in [2.24, 2.45) is 0 Å². The van der Waals surface area contributed by atoms with Crippen LogP contribution in [-0.2, 0) is 0 Å². The lowest BCUT2D eigenvalue weighted by Crippen LogP contribution is -2.12. The molecule has 0 aliphatic rings. The summed E-state index contributed by atoms with van der Waals surface area (Å²) in [7, 11) is 0. The number of nitrogens with zero attached hydrogens (tertiary/aromatic N) is 3. The summed E-state index contributed by atoms with van der Waals surface area (Å²) in [6.45, 7) is 0. The van der Waals surface area contributed by atoms with E-state index in [4.69, 9.17) is 0 Å². The molecule has 0 unspecified atom stereocenters. The van der Waals surface area contributed by atoms with Crippen LogP contribution in [-0.4, -0.2) is 9.13 Å². The van der Waals surface area contributed by atoms with E-state index in [1.54, 1.807) is 0 Å². The van der Waals surface area contributed by atoms with Gasteiger partial charge in [0.15, 0.2) is 0 Å². The minimum atomic E-state index is 1.09. The summed E-state index contributed by atoms with van der Waals surface area (Å²) in [5.74, 6) is 0. The Hall–Kier alpha value is -8.14. The number of fused-ring (bicyclic) bond motifs is 7. The molecule has 0 fully saturated rings. The number of anilines is 3. The Morgan fingerprint density at radius 2 is 0.754 bits per heavy atom. The molecule has 0 atom stereocenters. The first-order valence-electron chi connectivity index (χ1n) is 20.9. The molecule has 2 aromatic heterocycles. The Morgan fingerprint density at radius 3 is 1.43 bits per heavy atom. The molecule has 0 bridgehead atoms. The maximum Gasteiger partial charge on any atom is 0.0542 e. The van der Waals surface area contributed by atoms with Crippen molar-refractivity contribution in [2.45, 2.75) is 0 Å². The van der Waals surface area contributed by atoms with Crippen molar-refractivity contribution in [1.82, 2.24) is 9.13 Å². The van der Waals surface area contributed by atoms with Gasteiger partial charge >= 0.3 is 0 Å². The molecule has 0 radical (unpaired) electrons. The van der Waals surface area contributed by atoms with Crippen LogP contribution in [0.15, 0.2) is 237 Å². The molecular formula is C58H39N3. The molecule has 3 heteroatoms. The van der Waals surface area contributed by atoms with Crippen LogP contribution in [0.4, 0.5) is 17.1 Å².